The van der Waals surface area contributed by atoms with E-state index in [0.29, 0.717) is 12.1 Å². The number of nitriles is 1. The van der Waals surface area contributed by atoms with E-state index < -0.39 is 29.1 Å². The molecule has 0 aliphatic heterocycles. The standard InChI is InChI=1S/C10H4F3NO3/c11-10(12,13)7-3-5(4-14)1-2-6(7)8(15)9(16)17/h1-3H,(H,16,17). The molecular weight excluding hydrogens is 239 g/mol. The summed E-state index contributed by atoms with van der Waals surface area (Å²) in [6.07, 6.45) is -4.90. The van der Waals surface area contributed by atoms with Crippen molar-refractivity contribution in [2.75, 3.05) is 0 Å². The highest BCUT2D eigenvalue weighted by atomic mass is 19.4. The maximum absolute atomic E-state index is 12.5. The molecule has 1 N–H and O–H groups in total. The van der Waals surface area contributed by atoms with Gasteiger partial charge in [-0.15, -0.1) is 0 Å². The van der Waals surface area contributed by atoms with Crippen molar-refractivity contribution in [3.05, 3.63) is 34.9 Å². The van der Waals surface area contributed by atoms with Crippen molar-refractivity contribution in [3.8, 4) is 6.07 Å². The summed E-state index contributed by atoms with van der Waals surface area (Å²) >= 11 is 0. The summed E-state index contributed by atoms with van der Waals surface area (Å²) in [5.74, 6) is -3.65. The number of carboxylic acid groups (broad SMARTS) is 1. The van der Waals surface area contributed by atoms with Crippen molar-refractivity contribution in [1.82, 2.24) is 0 Å². The first kappa shape index (κ1) is 12.7. The zero-order chi connectivity index (χ0) is 13.2. The fourth-order valence-corrected chi connectivity index (χ4v) is 1.16. The van der Waals surface area contributed by atoms with Gasteiger partial charge in [-0.05, 0) is 18.2 Å². The van der Waals surface area contributed by atoms with Crippen molar-refractivity contribution in [1.29, 1.82) is 5.26 Å². The molecule has 0 spiro atoms. The number of halogens is 3. The second kappa shape index (κ2) is 4.25. The van der Waals surface area contributed by atoms with Crippen LogP contribution in [-0.2, 0) is 11.0 Å². The third kappa shape index (κ3) is 2.60. The van der Waals surface area contributed by atoms with Crippen LogP contribution in [0.15, 0.2) is 18.2 Å². The Morgan fingerprint density at radius 1 is 1.29 bits per heavy atom. The van der Waals surface area contributed by atoms with E-state index in [1.165, 1.54) is 6.07 Å². The fraction of sp³-hybridized carbons (Fsp3) is 0.100. The van der Waals surface area contributed by atoms with Gasteiger partial charge < -0.3 is 5.11 Å². The van der Waals surface area contributed by atoms with Gasteiger partial charge in [-0.2, -0.15) is 18.4 Å². The quantitative estimate of drug-likeness (QED) is 0.635. The molecule has 0 unspecified atom stereocenters. The third-order valence-corrected chi connectivity index (χ3v) is 1.89. The van der Waals surface area contributed by atoms with Crippen LogP contribution in [0.25, 0.3) is 0 Å². The Balaban J connectivity index is 3.47. The predicted molar refractivity (Wildman–Crippen MR) is 48.1 cm³/mol. The maximum Gasteiger partial charge on any atom is 0.417 e. The Bertz CT molecular complexity index is 529. The van der Waals surface area contributed by atoms with Gasteiger partial charge >= 0.3 is 12.1 Å². The summed E-state index contributed by atoms with van der Waals surface area (Å²) < 4.78 is 37.6. The van der Waals surface area contributed by atoms with Crippen LogP contribution in [-0.4, -0.2) is 16.9 Å². The molecule has 0 fully saturated rings. The second-order valence-electron chi connectivity index (χ2n) is 3.00. The smallest absolute Gasteiger partial charge is 0.417 e. The van der Waals surface area contributed by atoms with Gasteiger partial charge in [0.25, 0.3) is 5.78 Å². The van der Waals surface area contributed by atoms with Crippen LogP contribution in [0.4, 0.5) is 13.2 Å². The highest BCUT2D eigenvalue weighted by Gasteiger charge is 2.36. The van der Waals surface area contributed by atoms with Gasteiger partial charge in [0.1, 0.15) is 0 Å². The maximum atomic E-state index is 12.5. The van der Waals surface area contributed by atoms with Crippen LogP contribution in [0, 0.1) is 11.3 Å². The molecule has 0 radical (unpaired) electrons. The van der Waals surface area contributed by atoms with Crippen LogP contribution in [0.5, 0.6) is 0 Å². The molecule has 4 nitrogen and oxygen atoms in total. The second-order valence-corrected chi connectivity index (χ2v) is 3.00. The van der Waals surface area contributed by atoms with Gasteiger partial charge in [-0.25, -0.2) is 4.79 Å². The highest BCUT2D eigenvalue weighted by Crippen LogP contribution is 2.32. The Morgan fingerprint density at radius 3 is 2.29 bits per heavy atom. The zero-order valence-corrected chi connectivity index (χ0v) is 8.08. The summed E-state index contributed by atoms with van der Waals surface area (Å²) in [5.41, 5.74) is -2.72. The third-order valence-electron chi connectivity index (χ3n) is 1.89. The first-order chi connectivity index (χ1) is 7.77. The lowest BCUT2D eigenvalue weighted by atomic mass is 10.0. The summed E-state index contributed by atoms with van der Waals surface area (Å²) in [6.45, 7) is 0. The summed E-state index contributed by atoms with van der Waals surface area (Å²) in [4.78, 5) is 21.4. The normalized spacial score (nSPS) is 10.7. The molecule has 88 valence electrons. The number of hydrogen-bond donors (Lipinski definition) is 1. The Hall–Kier alpha value is -2.36. The number of carbonyl (C=O) groups is 2. The fourth-order valence-electron chi connectivity index (χ4n) is 1.16. The van der Waals surface area contributed by atoms with Gasteiger partial charge in [0.15, 0.2) is 0 Å². The number of carbonyl (C=O) groups excluding carboxylic acids is 1. The molecule has 17 heavy (non-hydrogen) atoms. The van der Waals surface area contributed by atoms with Gasteiger partial charge in [0.2, 0.25) is 0 Å². The lowest BCUT2D eigenvalue weighted by molar-refractivity contribution is -0.138. The average Bonchev–Trinajstić information content (AvgIpc) is 2.26. The van der Waals surface area contributed by atoms with Crippen molar-refractivity contribution >= 4 is 11.8 Å². The number of hydrogen-bond acceptors (Lipinski definition) is 3. The van der Waals surface area contributed by atoms with Crippen LogP contribution >= 0.6 is 0 Å². The molecule has 0 atom stereocenters. The number of carboxylic acids is 1. The Kier molecular flexibility index (Phi) is 3.18. The van der Waals surface area contributed by atoms with Crippen molar-refractivity contribution < 1.29 is 27.9 Å². The predicted octanol–water partition coefficient (Wildman–Crippen LogP) is 1.84. The lowest BCUT2D eigenvalue weighted by Gasteiger charge is -2.10. The van der Waals surface area contributed by atoms with Gasteiger partial charge in [0, 0.05) is 5.56 Å². The van der Waals surface area contributed by atoms with E-state index in [4.69, 9.17) is 10.4 Å². The number of ketones is 1. The molecule has 0 bridgehead atoms. The van der Waals surface area contributed by atoms with E-state index in [2.05, 4.69) is 0 Å². The molecule has 0 saturated heterocycles. The topological polar surface area (TPSA) is 78.2 Å². The van der Waals surface area contributed by atoms with Crippen molar-refractivity contribution in [3.63, 3.8) is 0 Å². The van der Waals surface area contributed by atoms with E-state index in [1.54, 1.807) is 0 Å². The van der Waals surface area contributed by atoms with Crippen LogP contribution < -0.4 is 0 Å². The molecule has 7 heteroatoms. The Labute approximate surface area is 92.9 Å². The van der Waals surface area contributed by atoms with E-state index in [9.17, 15) is 22.8 Å². The van der Waals surface area contributed by atoms with Crippen LogP contribution in [0.3, 0.4) is 0 Å². The van der Waals surface area contributed by atoms with Crippen LogP contribution in [0.1, 0.15) is 21.5 Å². The van der Waals surface area contributed by atoms with Gasteiger partial charge in [-0.1, -0.05) is 0 Å². The number of alkyl halides is 3. The number of rotatable bonds is 2. The minimum absolute atomic E-state index is 0.306. The van der Waals surface area contributed by atoms with E-state index in [0.717, 1.165) is 6.07 Å². The highest BCUT2D eigenvalue weighted by molar-refractivity contribution is 6.40. The first-order valence-electron chi connectivity index (χ1n) is 4.16. The molecule has 0 saturated carbocycles. The molecule has 0 aromatic heterocycles. The van der Waals surface area contributed by atoms with E-state index >= 15 is 0 Å². The number of Topliss-reactive ketones (excluding diaryl/α,β-unsaturated/α-hetero) is 1. The van der Waals surface area contributed by atoms with Crippen molar-refractivity contribution in [2.24, 2.45) is 0 Å². The first-order valence-corrected chi connectivity index (χ1v) is 4.16. The lowest BCUT2D eigenvalue weighted by Crippen LogP contribution is -2.19. The van der Waals surface area contributed by atoms with Gasteiger partial charge in [-0.3, -0.25) is 4.79 Å². The summed E-state index contributed by atoms with van der Waals surface area (Å²) in [6, 6.07) is 3.54. The van der Waals surface area contributed by atoms with E-state index in [1.807, 2.05) is 0 Å². The number of aliphatic carboxylic acids is 1. The molecule has 0 aliphatic rings. The zero-order valence-electron chi connectivity index (χ0n) is 8.08. The largest absolute Gasteiger partial charge is 0.475 e. The molecule has 1 aromatic carbocycles. The molecular formula is C10H4F3NO3. The molecule has 0 amide bonds. The summed E-state index contributed by atoms with van der Waals surface area (Å²) in [7, 11) is 0. The number of benzene rings is 1. The van der Waals surface area contributed by atoms with Gasteiger partial charge in [0.05, 0.1) is 17.2 Å². The molecule has 1 rings (SSSR count). The Morgan fingerprint density at radius 2 is 1.88 bits per heavy atom. The average molecular weight is 243 g/mol. The van der Waals surface area contributed by atoms with E-state index in [-0.39, 0.29) is 5.56 Å². The molecule has 1 aromatic rings. The number of nitrogens with zero attached hydrogens (tertiary/aromatic N) is 1. The minimum Gasteiger partial charge on any atom is -0.475 e. The minimum atomic E-state index is -4.90. The molecule has 0 heterocycles. The monoisotopic (exact) mass is 243 g/mol. The summed E-state index contributed by atoms with van der Waals surface area (Å²) in [5, 5.41) is 16.8. The van der Waals surface area contributed by atoms with Crippen molar-refractivity contribution in [2.45, 2.75) is 6.18 Å². The molecule has 0 aliphatic carbocycles. The van der Waals surface area contributed by atoms with Crippen LogP contribution in [0.2, 0.25) is 0 Å². The SMILES string of the molecule is N#Cc1ccc(C(=O)C(=O)O)c(C(F)(F)F)c1.